The minimum Gasteiger partial charge on any atom is -0.490 e. The van der Waals surface area contributed by atoms with E-state index in [1.807, 2.05) is 20.8 Å². The maximum Gasteiger partial charge on any atom is 0.239 e. The van der Waals surface area contributed by atoms with Crippen LogP contribution in [-0.2, 0) is 16.0 Å². The lowest BCUT2D eigenvalue weighted by molar-refractivity contribution is -0.125. The van der Waals surface area contributed by atoms with Crippen molar-refractivity contribution in [2.24, 2.45) is 0 Å². The first-order valence-electron chi connectivity index (χ1n) is 8.13. The van der Waals surface area contributed by atoms with Crippen LogP contribution in [0.1, 0.15) is 32.8 Å². The molecule has 24 heavy (non-hydrogen) atoms. The van der Waals surface area contributed by atoms with E-state index in [9.17, 15) is 9.59 Å². The van der Waals surface area contributed by atoms with E-state index in [4.69, 9.17) is 9.47 Å². The molecule has 2 N–H and O–H groups in total. The van der Waals surface area contributed by atoms with Crippen molar-refractivity contribution in [2.45, 2.75) is 33.6 Å². The molecule has 0 aliphatic rings. The molecule has 0 aliphatic carbocycles. The minimum absolute atomic E-state index is 0.0220. The summed E-state index contributed by atoms with van der Waals surface area (Å²) < 4.78 is 11.9. The van der Waals surface area contributed by atoms with Crippen molar-refractivity contribution in [2.75, 3.05) is 26.3 Å². The molecule has 0 aromatic heterocycles. The van der Waals surface area contributed by atoms with Crippen LogP contribution < -0.4 is 20.1 Å². The molecule has 0 radical (unpaired) electrons. The zero-order chi connectivity index (χ0) is 17.9. The molecule has 0 atom stereocenters. The van der Waals surface area contributed by atoms with Crippen LogP contribution in [-0.4, -0.2) is 38.1 Å². The van der Waals surface area contributed by atoms with Gasteiger partial charge in [-0.15, -0.1) is 0 Å². The Hall–Kier alpha value is -1.76. The highest BCUT2D eigenvalue weighted by molar-refractivity contribution is 9.10. The average molecular weight is 401 g/mol. The summed E-state index contributed by atoms with van der Waals surface area (Å²) in [4.78, 5) is 23.5. The molecular formula is C17H25BrN2O4. The number of hydrogen-bond donors (Lipinski definition) is 2. The summed E-state index contributed by atoms with van der Waals surface area (Å²) in [5, 5.41) is 5.33. The molecule has 134 valence electrons. The summed E-state index contributed by atoms with van der Waals surface area (Å²) in [6, 6.07) is 3.58. The Morgan fingerprint density at radius 3 is 2.21 bits per heavy atom. The van der Waals surface area contributed by atoms with Gasteiger partial charge in [0.15, 0.2) is 11.5 Å². The fraction of sp³-hybridized carbons (Fsp3) is 0.529. The van der Waals surface area contributed by atoms with Gasteiger partial charge in [0.1, 0.15) is 0 Å². The molecule has 0 heterocycles. The third kappa shape index (κ3) is 6.78. The minimum atomic E-state index is -0.228. The maximum absolute atomic E-state index is 12.0. The van der Waals surface area contributed by atoms with Gasteiger partial charge in [-0.1, -0.05) is 22.9 Å². The van der Waals surface area contributed by atoms with Crippen LogP contribution in [0.3, 0.4) is 0 Å². The van der Waals surface area contributed by atoms with Crippen molar-refractivity contribution in [1.82, 2.24) is 10.6 Å². The number of carbonyl (C=O) groups excluding carboxylic acids is 2. The Labute approximate surface area is 151 Å². The van der Waals surface area contributed by atoms with Crippen LogP contribution in [0, 0.1) is 0 Å². The fourth-order valence-electron chi connectivity index (χ4n) is 1.99. The SMILES string of the molecule is CCCNC(=O)CNC(=O)Cc1cc(OCC)c(OCC)cc1Br. The zero-order valence-electron chi connectivity index (χ0n) is 14.4. The second-order valence-corrected chi connectivity index (χ2v) is 5.91. The number of nitrogens with one attached hydrogen (secondary N) is 2. The molecule has 2 amide bonds. The second-order valence-electron chi connectivity index (χ2n) is 5.06. The predicted molar refractivity (Wildman–Crippen MR) is 96.5 cm³/mol. The number of benzene rings is 1. The van der Waals surface area contributed by atoms with E-state index in [2.05, 4.69) is 26.6 Å². The van der Waals surface area contributed by atoms with Crippen LogP contribution in [0.2, 0.25) is 0 Å². The van der Waals surface area contributed by atoms with Crippen LogP contribution in [0.4, 0.5) is 0 Å². The van der Waals surface area contributed by atoms with Crippen molar-refractivity contribution < 1.29 is 19.1 Å². The fourth-order valence-corrected chi connectivity index (χ4v) is 2.45. The highest BCUT2D eigenvalue weighted by Crippen LogP contribution is 2.34. The molecule has 7 heteroatoms. The first-order valence-corrected chi connectivity index (χ1v) is 8.92. The van der Waals surface area contributed by atoms with Gasteiger partial charge in [0, 0.05) is 11.0 Å². The highest BCUT2D eigenvalue weighted by atomic mass is 79.9. The van der Waals surface area contributed by atoms with Crippen LogP contribution in [0.25, 0.3) is 0 Å². The van der Waals surface area contributed by atoms with Gasteiger partial charge in [0.2, 0.25) is 11.8 Å². The summed E-state index contributed by atoms with van der Waals surface area (Å²) in [6.45, 7) is 7.37. The molecule has 0 spiro atoms. The van der Waals surface area contributed by atoms with Gasteiger partial charge < -0.3 is 20.1 Å². The molecule has 1 rings (SSSR count). The quantitative estimate of drug-likeness (QED) is 0.632. The number of amides is 2. The Morgan fingerprint density at radius 1 is 1.00 bits per heavy atom. The number of hydrogen-bond acceptors (Lipinski definition) is 4. The molecule has 6 nitrogen and oxygen atoms in total. The summed E-state index contributed by atoms with van der Waals surface area (Å²) in [5.41, 5.74) is 0.772. The second kappa shape index (κ2) is 10.9. The van der Waals surface area contributed by atoms with Gasteiger partial charge in [0.05, 0.1) is 26.2 Å². The molecule has 0 bridgehead atoms. The molecule has 0 saturated heterocycles. The van der Waals surface area contributed by atoms with Gasteiger partial charge in [-0.25, -0.2) is 0 Å². The summed E-state index contributed by atoms with van der Waals surface area (Å²) >= 11 is 3.45. The van der Waals surface area contributed by atoms with Crippen LogP contribution in [0.15, 0.2) is 16.6 Å². The number of carbonyl (C=O) groups is 2. The van der Waals surface area contributed by atoms with E-state index in [1.54, 1.807) is 12.1 Å². The van der Waals surface area contributed by atoms with E-state index >= 15 is 0 Å². The Kier molecular flexibility index (Phi) is 9.22. The smallest absolute Gasteiger partial charge is 0.239 e. The highest BCUT2D eigenvalue weighted by Gasteiger charge is 2.14. The number of ether oxygens (including phenoxy) is 2. The standard InChI is InChI=1S/C17H25BrN2O4/c1-4-7-19-17(22)11-20-16(21)9-12-8-14(23-5-2)15(24-6-3)10-13(12)18/h8,10H,4-7,9,11H2,1-3H3,(H,19,22)(H,20,21). The van der Waals surface area contributed by atoms with E-state index in [0.717, 1.165) is 16.5 Å². The lowest BCUT2D eigenvalue weighted by Crippen LogP contribution is -2.37. The van der Waals surface area contributed by atoms with Crippen molar-refractivity contribution in [3.05, 3.63) is 22.2 Å². The van der Waals surface area contributed by atoms with Gasteiger partial charge in [-0.05, 0) is 38.0 Å². The van der Waals surface area contributed by atoms with Crippen molar-refractivity contribution in [3.8, 4) is 11.5 Å². The van der Waals surface area contributed by atoms with E-state index in [0.29, 0.717) is 31.3 Å². The molecule has 0 aliphatic heterocycles. The lowest BCUT2D eigenvalue weighted by atomic mass is 10.1. The third-order valence-electron chi connectivity index (χ3n) is 3.08. The number of rotatable bonds is 10. The van der Waals surface area contributed by atoms with E-state index < -0.39 is 0 Å². The van der Waals surface area contributed by atoms with E-state index in [-0.39, 0.29) is 24.8 Å². The van der Waals surface area contributed by atoms with Gasteiger partial charge in [-0.3, -0.25) is 9.59 Å². The molecule has 1 aromatic rings. The third-order valence-corrected chi connectivity index (χ3v) is 3.82. The van der Waals surface area contributed by atoms with Gasteiger partial charge in [0.25, 0.3) is 0 Å². The lowest BCUT2D eigenvalue weighted by Gasteiger charge is -2.14. The summed E-state index contributed by atoms with van der Waals surface area (Å²) in [7, 11) is 0. The largest absolute Gasteiger partial charge is 0.490 e. The van der Waals surface area contributed by atoms with E-state index in [1.165, 1.54) is 0 Å². The van der Waals surface area contributed by atoms with Gasteiger partial charge >= 0.3 is 0 Å². The topological polar surface area (TPSA) is 76.7 Å². The molecular weight excluding hydrogens is 376 g/mol. The summed E-state index contributed by atoms with van der Waals surface area (Å²) in [6.07, 6.45) is 1.01. The van der Waals surface area contributed by atoms with Crippen molar-refractivity contribution in [3.63, 3.8) is 0 Å². The maximum atomic E-state index is 12.0. The van der Waals surface area contributed by atoms with Crippen LogP contribution >= 0.6 is 15.9 Å². The normalized spacial score (nSPS) is 10.2. The zero-order valence-corrected chi connectivity index (χ0v) is 16.0. The Balaban J connectivity index is 2.70. The molecule has 0 saturated carbocycles. The Bertz CT molecular complexity index is 564. The van der Waals surface area contributed by atoms with Crippen molar-refractivity contribution in [1.29, 1.82) is 0 Å². The average Bonchev–Trinajstić information content (AvgIpc) is 2.55. The van der Waals surface area contributed by atoms with Crippen LogP contribution in [0.5, 0.6) is 11.5 Å². The molecule has 1 aromatic carbocycles. The molecule has 0 fully saturated rings. The first-order chi connectivity index (χ1) is 11.5. The summed E-state index contributed by atoms with van der Waals surface area (Å²) in [5.74, 6) is 0.820. The number of halogens is 1. The predicted octanol–water partition coefficient (Wildman–Crippen LogP) is 2.43. The monoisotopic (exact) mass is 400 g/mol. The van der Waals surface area contributed by atoms with Gasteiger partial charge in [-0.2, -0.15) is 0 Å². The Morgan fingerprint density at radius 2 is 1.62 bits per heavy atom. The van der Waals surface area contributed by atoms with Crippen molar-refractivity contribution >= 4 is 27.7 Å². The first kappa shape index (κ1) is 20.3. The molecule has 0 unspecified atom stereocenters.